The van der Waals surface area contributed by atoms with Crippen molar-refractivity contribution in [3.8, 4) is 0 Å². The molecule has 1 saturated carbocycles. The summed E-state index contributed by atoms with van der Waals surface area (Å²) < 4.78 is 0. The van der Waals surface area contributed by atoms with Crippen LogP contribution in [0.3, 0.4) is 0 Å². The summed E-state index contributed by atoms with van der Waals surface area (Å²) in [4.78, 5) is 30.9. The van der Waals surface area contributed by atoms with Gasteiger partial charge in [0.1, 0.15) is 17.0 Å². The number of rotatable bonds is 2. The van der Waals surface area contributed by atoms with E-state index in [1.807, 2.05) is 67.6 Å². The number of thiocarbonyl (C=S) groups is 1. The van der Waals surface area contributed by atoms with E-state index in [0.29, 0.717) is 0 Å². The molecule has 6 heteroatoms. The lowest BCUT2D eigenvalue weighted by Crippen LogP contribution is -2.64. The lowest BCUT2D eigenvalue weighted by Gasteiger charge is -2.51. The number of amides is 1. The van der Waals surface area contributed by atoms with Crippen LogP contribution in [0.2, 0.25) is 0 Å². The fraction of sp³-hybridized carbons (Fsp3) is 0.273. The molecule has 2 aromatic carbocycles. The van der Waals surface area contributed by atoms with E-state index in [1.165, 1.54) is 0 Å². The van der Waals surface area contributed by atoms with Crippen molar-refractivity contribution in [2.24, 2.45) is 22.1 Å². The smallest absolute Gasteiger partial charge is 0.241 e. The fourth-order valence-electron chi connectivity index (χ4n) is 4.81. The fourth-order valence-corrected chi connectivity index (χ4v) is 5.00. The predicted octanol–water partition coefficient (Wildman–Crippen LogP) is 2.92. The lowest BCUT2D eigenvalue weighted by atomic mass is 9.51. The van der Waals surface area contributed by atoms with Gasteiger partial charge < -0.3 is 11.1 Å². The quantitative estimate of drug-likeness (QED) is 0.771. The Balaban J connectivity index is 2.02. The second-order valence-corrected chi connectivity index (χ2v) is 7.82. The number of nitrogens with two attached hydrogens (primary N) is 1. The molecule has 2 aromatic rings. The van der Waals surface area contributed by atoms with Gasteiger partial charge in [-0.05, 0) is 23.3 Å². The molecule has 0 radical (unpaired) electrons. The molecule has 4 atom stereocenters. The van der Waals surface area contributed by atoms with Crippen LogP contribution in [0.5, 0.6) is 0 Å². The Labute approximate surface area is 169 Å². The van der Waals surface area contributed by atoms with Gasteiger partial charge in [0.05, 0.1) is 0 Å². The number of nitrogens with one attached hydrogen (secondary N) is 1. The van der Waals surface area contributed by atoms with Gasteiger partial charge in [0.2, 0.25) is 11.0 Å². The standard InChI is InChI=1S/C22H21N3O2S/c1-13-17(26)12-16(14-8-4-2-5-9-14)22(18(13)15-10-6-3-7-11-15)19(23)24-21(28)25-20(22)27/h2-11,13,16,18H,12H2,1H3,(H3,23,24,25,27,28)/t13-,16?,18-,22?/m0/s1. The van der Waals surface area contributed by atoms with Crippen LogP contribution in [0, 0.1) is 11.3 Å². The SMILES string of the molecule is C[C@H]1C(=O)CC(c2ccccc2)C2(C(=O)NC(=S)N=C2N)[C@@H]1c1ccccc1. The molecule has 0 aromatic heterocycles. The van der Waals surface area contributed by atoms with Crippen molar-refractivity contribution in [2.75, 3.05) is 0 Å². The van der Waals surface area contributed by atoms with Crippen LogP contribution < -0.4 is 11.1 Å². The second kappa shape index (κ2) is 6.95. The van der Waals surface area contributed by atoms with Gasteiger partial charge >= 0.3 is 0 Å². The highest BCUT2D eigenvalue weighted by molar-refractivity contribution is 7.80. The number of aliphatic imine (C=N–C) groups is 1. The molecule has 2 unspecified atom stereocenters. The van der Waals surface area contributed by atoms with Gasteiger partial charge in [-0.2, -0.15) is 0 Å². The maximum Gasteiger partial charge on any atom is 0.241 e. The van der Waals surface area contributed by atoms with Crippen LogP contribution in [0.4, 0.5) is 0 Å². The number of ketones is 1. The minimum Gasteiger partial charge on any atom is -0.386 e. The van der Waals surface area contributed by atoms with Crippen molar-refractivity contribution in [1.82, 2.24) is 5.32 Å². The van der Waals surface area contributed by atoms with E-state index in [0.717, 1.165) is 11.1 Å². The summed E-state index contributed by atoms with van der Waals surface area (Å²) in [5, 5.41) is 2.78. The summed E-state index contributed by atoms with van der Waals surface area (Å²) in [5.74, 6) is -1.23. The molecule has 1 amide bonds. The third-order valence-corrected chi connectivity index (χ3v) is 6.25. The highest BCUT2D eigenvalue weighted by Gasteiger charge is 2.62. The number of hydrogen-bond donors (Lipinski definition) is 2. The molecule has 1 aliphatic heterocycles. The number of nitrogens with zero attached hydrogens (tertiary/aromatic N) is 1. The van der Waals surface area contributed by atoms with Gasteiger partial charge in [-0.3, -0.25) is 9.59 Å². The van der Waals surface area contributed by atoms with Gasteiger partial charge in [0, 0.05) is 24.2 Å². The molecule has 1 aliphatic carbocycles. The van der Waals surface area contributed by atoms with Crippen LogP contribution >= 0.6 is 12.2 Å². The lowest BCUT2D eigenvalue weighted by molar-refractivity contribution is -0.136. The van der Waals surface area contributed by atoms with Gasteiger partial charge in [0.15, 0.2) is 0 Å². The van der Waals surface area contributed by atoms with E-state index in [2.05, 4.69) is 10.3 Å². The van der Waals surface area contributed by atoms with Crippen LogP contribution in [0.25, 0.3) is 0 Å². The Morgan fingerprint density at radius 2 is 1.61 bits per heavy atom. The largest absolute Gasteiger partial charge is 0.386 e. The summed E-state index contributed by atoms with van der Waals surface area (Å²) >= 11 is 5.11. The third kappa shape index (κ3) is 2.67. The Morgan fingerprint density at radius 3 is 2.18 bits per heavy atom. The summed E-state index contributed by atoms with van der Waals surface area (Å²) in [6, 6.07) is 19.2. The molecule has 1 fully saturated rings. The van der Waals surface area contributed by atoms with E-state index in [9.17, 15) is 9.59 Å². The molecule has 5 nitrogen and oxygen atoms in total. The van der Waals surface area contributed by atoms with E-state index in [-0.39, 0.29) is 35.0 Å². The molecular weight excluding hydrogens is 370 g/mol. The molecular formula is C22H21N3O2S. The van der Waals surface area contributed by atoms with Crippen molar-refractivity contribution in [1.29, 1.82) is 0 Å². The van der Waals surface area contributed by atoms with E-state index in [1.54, 1.807) is 0 Å². The zero-order chi connectivity index (χ0) is 19.9. The van der Waals surface area contributed by atoms with Crippen molar-refractivity contribution in [3.63, 3.8) is 0 Å². The predicted molar refractivity (Wildman–Crippen MR) is 112 cm³/mol. The number of carbonyl (C=O) groups excluding carboxylic acids is 2. The summed E-state index contributed by atoms with van der Waals surface area (Å²) in [6.07, 6.45) is 0.227. The minimum atomic E-state index is -1.18. The average Bonchev–Trinajstić information content (AvgIpc) is 2.69. The average molecular weight is 391 g/mol. The van der Waals surface area contributed by atoms with Gasteiger partial charge in [0.25, 0.3) is 0 Å². The maximum absolute atomic E-state index is 13.5. The topological polar surface area (TPSA) is 84.5 Å². The summed E-state index contributed by atoms with van der Waals surface area (Å²) in [6.45, 7) is 1.87. The number of Topliss-reactive ketones (excluding diaryl/α,β-unsaturated/α-hetero) is 1. The zero-order valence-corrected chi connectivity index (χ0v) is 16.3. The zero-order valence-electron chi connectivity index (χ0n) is 15.5. The van der Waals surface area contributed by atoms with Crippen molar-refractivity contribution in [3.05, 3.63) is 71.8 Å². The number of hydrogen-bond acceptors (Lipinski definition) is 4. The second-order valence-electron chi connectivity index (χ2n) is 7.44. The van der Waals surface area contributed by atoms with E-state index >= 15 is 0 Å². The van der Waals surface area contributed by atoms with Crippen LogP contribution in [-0.2, 0) is 9.59 Å². The molecule has 4 rings (SSSR count). The normalized spacial score (nSPS) is 30.1. The molecule has 0 saturated heterocycles. The number of benzene rings is 2. The first-order chi connectivity index (χ1) is 13.5. The Bertz CT molecular complexity index is 974. The van der Waals surface area contributed by atoms with Crippen LogP contribution in [0.1, 0.15) is 36.3 Å². The Morgan fingerprint density at radius 1 is 1.04 bits per heavy atom. The summed E-state index contributed by atoms with van der Waals surface area (Å²) in [7, 11) is 0. The highest BCUT2D eigenvalue weighted by Crippen LogP contribution is 2.57. The Kier molecular flexibility index (Phi) is 4.59. The maximum atomic E-state index is 13.5. The molecule has 142 valence electrons. The van der Waals surface area contributed by atoms with Gasteiger partial charge in [-0.1, -0.05) is 67.6 Å². The molecule has 1 spiro atoms. The first kappa shape index (κ1) is 18.5. The minimum absolute atomic E-state index is 0.0660. The van der Waals surface area contributed by atoms with E-state index < -0.39 is 17.3 Å². The van der Waals surface area contributed by atoms with Crippen LogP contribution in [0.15, 0.2) is 65.7 Å². The molecule has 3 N–H and O–H groups in total. The van der Waals surface area contributed by atoms with Gasteiger partial charge in [-0.15, -0.1) is 0 Å². The molecule has 0 bridgehead atoms. The van der Waals surface area contributed by atoms with Crippen molar-refractivity contribution < 1.29 is 9.59 Å². The molecule has 2 aliphatic rings. The monoisotopic (exact) mass is 391 g/mol. The first-order valence-electron chi connectivity index (χ1n) is 9.29. The van der Waals surface area contributed by atoms with Crippen molar-refractivity contribution >= 4 is 34.9 Å². The molecule has 28 heavy (non-hydrogen) atoms. The number of amidine groups is 1. The van der Waals surface area contributed by atoms with Crippen LogP contribution in [-0.4, -0.2) is 22.6 Å². The first-order valence-corrected chi connectivity index (χ1v) is 9.69. The Hall–Kier alpha value is -2.86. The van der Waals surface area contributed by atoms with E-state index in [4.69, 9.17) is 18.0 Å². The number of carbonyl (C=O) groups is 2. The van der Waals surface area contributed by atoms with Crippen molar-refractivity contribution in [2.45, 2.75) is 25.2 Å². The molecule has 1 heterocycles. The highest BCUT2D eigenvalue weighted by atomic mass is 32.1. The third-order valence-electron chi connectivity index (χ3n) is 6.06. The van der Waals surface area contributed by atoms with Gasteiger partial charge in [-0.25, -0.2) is 4.99 Å². The summed E-state index contributed by atoms with van der Waals surface area (Å²) in [5.41, 5.74) is 7.08.